The third kappa shape index (κ3) is 2.05. The second-order valence-corrected chi connectivity index (χ2v) is 6.22. The Morgan fingerprint density at radius 2 is 2.00 bits per heavy atom. The topological polar surface area (TPSA) is 63.4 Å². The van der Waals surface area contributed by atoms with Crippen molar-refractivity contribution in [3.05, 3.63) is 29.8 Å². The maximum Gasteiger partial charge on any atom is 0.235 e. The van der Waals surface area contributed by atoms with Gasteiger partial charge >= 0.3 is 0 Å². The lowest BCUT2D eigenvalue weighted by Crippen LogP contribution is -2.25. The lowest BCUT2D eigenvalue weighted by atomic mass is 10.2. The van der Waals surface area contributed by atoms with Crippen molar-refractivity contribution in [1.29, 1.82) is 0 Å². The number of benzene rings is 1. The fraction of sp³-hybridized carbons (Fsp3) is 0.455. The van der Waals surface area contributed by atoms with Crippen molar-refractivity contribution in [2.24, 2.45) is 11.7 Å². The summed E-state index contributed by atoms with van der Waals surface area (Å²) in [6.07, 6.45) is 0. The molecule has 1 aliphatic rings. The highest BCUT2D eigenvalue weighted by atomic mass is 32.2. The van der Waals surface area contributed by atoms with E-state index in [9.17, 15) is 8.42 Å². The zero-order valence-electron chi connectivity index (χ0n) is 9.26. The number of sulfonamides is 1. The summed E-state index contributed by atoms with van der Waals surface area (Å²) in [5.74, 6) is 0.435. The molecule has 2 N–H and O–H groups in total. The summed E-state index contributed by atoms with van der Waals surface area (Å²) in [4.78, 5) is 0. The maximum atomic E-state index is 11.8. The van der Waals surface area contributed by atoms with Crippen LogP contribution in [0.1, 0.15) is 12.5 Å². The summed E-state index contributed by atoms with van der Waals surface area (Å²) in [6.45, 7) is 3.00. The fourth-order valence-corrected chi connectivity index (χ4v) is 3.89. The zero-order valence-corrected chi connectivity index (χ0v) is 10.1. The van der Waals surface area contributed by atoms with E-state index in [1.165, 1.54) is 4.31 Å². The van der Waals surface area contributed by atoms with Gasteiger partial charge < -0.3 is 5.73 Å². The smallest absolute Gasteiger partial charge is 0.235 e. The summed E-state index contributed by atoms with van der Waals surface area (Å²) in [5, 5.41) is 0. The average molecular weight is 240 g/mol. The summed E-state index contributed by atoms with van der Waals surface area (Å²) in [6, 6.07) is 7.37. The van der Waals surface area contributed by atoms with E-state index in [0.717, 1.165) is 11.3 Å². The van der Waals surface area contributed by atoms with E-state index in [1.54, 1.807) is 0 Å². The minimum atomic E-state index is -3.11. The van der Waals surface area contributed by atoms with Crippen molar-refractivity contribution in [2.45, 2.75) is 13.5 Å². The Hall–Kier alpha value is -1.07. The minimum absolute atomic E-state index is 0.194. The van der Waals surface area contributed by atoms with Crippen LogP contribution >= 0.6 is 0 Å². The van der Waals surface area contributed by atoms with E-state index in [0.29, 0.717) is 13.1 Å². The number of hydrogen-bond donors (Lipinski definition) is 1. The molecule has 0 saturated carbocycles. The van der Waals surface area contributed by atoms with Crippen LogP contribution in [-0.2, 0) is 16.6 Å². The second kappa shape index (κ2) is 4.07. The van der Waals surface area contributed by atoms with Crippen LogP contribution < -0.4 is 10.0 Å². The molecule has 0 amide bonds. The minimum Gasteiger partial charge on any atom is -0.326 e. The van der Waals surface area contributed by atoms with Gasteiger partial charge in [-0.05, 0) is 23.6 Å². The van der Waals surface area contributed by atoms with Crippen molar-refractivity contribution in [2.75, 3.05) is 16.6 Å². The molecule has 0 radical (unpaired) electrons. The van der Waals surface area contributed by atoms with Crippen LogP contribution in [-0.4, -0.2) is 20.7 Å². The number of anilines is 1. The Kier molecular flexibility index (Phi) is 2.90. The van der Waals surface area contributed by atoms with E-state index in [-0.39, 0.29) is 11.7 Å². The van der Waals surface area contributed by atoms with E-state index in [1.807, 2.05) is 31.2 Å². The van der Waals surface area contributed by atoms with Gasteiger partial charge in [0.15, 0.2) is 0 Å². The molecule has 0 aromatic heterocycles. The normalized spacial score (nSPS) is 23.6. The molecule has 1 aromatic carbocycles. The first-order valence-electron chi connectivity index (χ1n) is 5.32. The zero-order chi connectivity index (χ0) is 11.8. The molecule has 0 bridgehead atoms. The Balaban J connectivity index is 2.30. The largest absolute Gasteiger partial charge is 0.326 e. The Morgan fingerprint density at radius 1 is 1.38 bits per heavy atom. The Bertz CT molecular complexity index is 467. The van der Waals surface area contributed by atoms with Gasteiger partial charge in [-0.3, -0.25) is 4.31 Å². The molecular weight excluding hydrogens is 224 g/mol. The van der Waals surface area contributed by atoms with Crippen LogP contribution in [0.2, 0.25) is 0 Å². The third-order valence-corrected chi connectivity index (χ3v) is 4.79. The number of rotatable bonds is 2. The first kappa shape index (κ1) is 11.4. The van der Waals surface area contributed by atoms with Gasteiger partial charge in [0.05, 0.1) is 11.4 Å². The van der Waals surface area contributed by atoms with Crippen LogP contribution in [0, 0.1) is 5.92 Å². The standard InChI is InChI=1S/C11H16N2O2S/c1-9-7-13(16(14,15)8-9)11-4-2-10(6-12)3-5-11/h2-5,9H,6-8,12H2,1H3/t9-/m1/s1. The van der Waals surface area contributed by atoms with Crippen molar-refractivity contribution in [3.8, 4) is 0 Å². The highest BCUT2D eigenvalue weighted by molar-refractivity contribution is 7.93. The van der Waals surface area contributed by atoms with Crippen LogP contribution in [0.15, 0.2) is 24.3 Å². The average Bonchev–Trinajstić information content (AvgIpc) is 2.52. The highest BCUT2D eigenvalue weighted by Gasteiger charge is 2.33. The van der Waals surface area contributed by atoms with Crippen molar-refractivity contribution < 1.29 is 8.42 Å². The number of nitrogens with zero attached hydrogens (tertiary/aromatic N) is 1. The highest BCUT2D eigenvalue weighted by Crippen LogP contribution is 2.26. The molecule has 1 aliphatic heterocycles. The molecule has 1 heterocycles. The molecule has 1 saturated heterocycles. The van der Waals surface area contributed by atoms with Crippen molar-refractivity contribution in [3.63, 3.8) is 0 Å². The van der Waals surface area contributed by atoms with Crippen LogP contribution in [0.3, 0.4) is 0 Å². The SMILES string of the molecule is C[C@@H]1CN(c2ccc(CN)cc2)S(=O)(=O)C1. The van der Waals surface area contributed by atoms with Gasteiger partial charge in [0.25, 0.3) is 0 Å². The van der Waals surface area contributed by atoms with E-state index < -0.39 is 10.0 Å². The first-order chi connectivity index (χ1) is 7.53. The molecule has 0 spiro atoms. The first-order valence-corrected chi connectivity index (χ1v) is 6.93. The van der Waals surface area contributed by atoms with Gasteiger partial charge in [0.1, 0.15) is 0 Å². The van der Waals surface area contributed by atoms with Gasteiger partial charge in [-0.2, -0.15) is 0 Å². The number of nitrogens with two attached hydrogens (primary N) is 1. The van der Waals surface area contributed by atoms with Gasteiger partial charge in [-0.25, -0.2) is 8.42 Å². The lowest BCUT2D eigenvalue weighted by molar-refractivity contribution is 0.598. The molecule has 16 heavy (non-hydrogen) atoms. The second-order valence-electron chi connectivity index (χ2n) is 4.29. The summed E-state index contributed by atoms with van der Waals surface area (Å²) < 4.78 is 25.1. The van der Waals surface area contributed by atoms with Crippen LogP contribution in [0.4, 0.5) is 5.69 Å². The molecule has 1 fully saturated rings. The van der Waals surface area contributed by atoms with Crippen molar-refractivity contribution >= 4 is 15.7 Å². The summed E-state index contributed by atoms with van der Waals surface area (Å²) in [7, 11) is -3.11. The number of hydrogen-bond acceptors (Lipinski definition) is 3. The van der Waals surface area contributed by atoms with Crippen LogP contribution in [0.5, 0.6) is 0 Å². The third-order valence-electron chi connectivity index (χ3n) is 2.77. The Labute approximate surface area is 96.1 Å². The molecular formula is C11H16N2O2S. The molecule has 1 aromatic rings. The summed E-state index contributed by atoms with van der Waals surface area (Å²) in [5.41, 5.74) is 7.24. The lowest BCUT2D eigenvalue weighted by Gasteiger charge is -2.17. The van der Waals surface area contributed by atoms with Gasteiger partial charge in [-0.15, -0.1) is 0 Å². The summed E-state index contributed by atoms with van der Waals surface area (Å²) >= 11 is 0. The molecule has 0 aliphatic carbocycles. The molecule has 5 heteroatoms. The Morgan fingerprint density at radius 3 is 2.44 bits per heavy atom. The molecule has 1 atom stereocenters. The van der Waals surface area contributed by atoms with Gasteiger partial charge in [0.2, 0.25) is 10.0 Å². The van der Waals surface area contributed by atoms with Gasteiger partial charge in [-0.1, -0.05) is 19.1 Å². The predicted molar refractivity (Wildman–Crippen MR) is 64.6 cm³/mol. The molecule has 88 valence electrons. The van der Waals surface area contributed by atoms with E-state index in [2.05, 4.69) is 0 Å². The molecule has 0 unspecified atom stereocenters. The van der Waals surface area contributed by atoms with Crippen molar-refractivity contribution in [1.82, 2.24) is 0 Å². The molecule has 4 nitrogen and oxygen atoms in total. The van der Waals surface area contributed by atoms with Crippen LogP contribution in [0.25, 0.3) is 0 Å². The predicted octanol–water partition coefficient (Wildman–Crippen LogP) is 0.931. The van der Waals surface area contributed by atoms with Gasteiger partial charge in [0, 0.05) is 13.1 Å². The fourth-order valence-electron chi connectivity index (χ4n) is 1.96. The quantitative estimate of drug-likeness (QED) is 0.836. The molecule has 2 rings (SSSR count). The van der Waals surface area contributed by atoms with E-state index in [4.69, 9.17) is 5.73 Å². The van der Waals surface area contributed by atoms with E-state index >= 15 is 0 Å². The maximum absolute atomic E-state index is 11.8. The monoisotopic (exact) mass is 240 g/mol.